The number of aromatic nitrogens is 5. The van der Waals surface area contributed by atoms with E-state index in [0.717, 1.165) is 38.4 Å². The Morgan fingerprint density at radius 2 is 2.11 bits per heavy atom. The number of hydrogen-bond acceptors (Lipinski definition) is 6. The average molecular weight is 261 g/mol. The third kappa shape index (κ3) is 2.33. The topological polar surface area (TPSA) is 79.5 Å². The van der Waals surface area contributed by atoms with Crippen molar-refractivity contribution >= 4 is 17.4 Å². The molecule has 8 heteroatoms. The molecule has 0 N–H and O–H groups in total. The van der Waals surface area contributed by atoms with Gasteiger partial charge in [-0.05, 0) is 29.0 Å². The summed E-state index contributed by atoms with van der Waals surface area (Å²) >= 11 is 0. The zero-order chi connectivity index (χ0) is 13.2. The number of rotatable bonds is 1. The van der Waals surface area contributed by atoms with Gasteiger partial charge in [0.2, 0.25) is 5.91 Å². The third-order valence-corrected chi connectivity index (χ3v) is 3.32. The molecule has 1 amide bonds. The number of amides is 1. The molecule has 0 atom stereocenters. The standard InChI is InChI=1S/C11H15N7O/c1-9(19)16-5-2-6-17(8-7-16)11-4-3-10-12-14-15-18(10)13-11/h3-4H,2,5-8H2,1H3. The fourth-order valence-corrected chi connectivity index (χ4v) is 2.27. The number of hydrogen-bond donors (Lipinski definition) is 0. The maximum atomic E-state index is 11.4. The Morgan fingerprint density at radius 1 is 1.21 bits per heavy atom. The van der Waals surface area contributed by atoms with Crippen LogP contribution in [0.15, 0.2) is 12.1 Å². The maximum absolute atomic E-state index is 11.4. The molecule has 8 nitrogen and oxygen atoms in total. The summed E-state index contributed by atoms with van der Waals surface area (Å²) in [5, 5.41) is 15.6. The lowest BCUT2D eigenvalue weighted by molar-refractivity contribution is -0.128. The highest BCUT2D eigenvalue weighted by atomic mass is 16.2. The van der Waals surface area contributed by atoms with E-state index in [4.69, 9.17) is 0 Å². The van der Waals surface area contributed by atoms with Crippen LogP contribution in [-0.4, -0.2) is 62.2 Å². The maximum Gasteiger partial charge on any atom is 0.219 e. The fraction of sp³-hybridized carbons (Fsp3) is 0.545. The van der Waals surface area contributed by atoms with E-state index in [1.165, 1.54) is 4.63 Å². The molecule has 2 aromatic rings. The first-order valence-electron chi connectivity index (χ1n) is 6.30. The summed E-state index contributed by atoms with van der Waals surface area (Å²) in [5.74, 6) is 0.968. The molecule has 0 saturated carbocycles. The van der Waals surface area contributed by atoms with Gasteiger partial charge in [-0.25, -0.2) is 0 Å². The molecule has 3 heterocycles. The van der Waals surface area contributed by atoms with E-state index in [1.807, 2.05) is 17.0 Å². The highest BCUT2D eigenvalue weighted by Crippen LogP contribution is 2.13. The van der Waals surface area contributed by atoms with Gasteiger partial charge in [0.25, 0.3) is 0 Å². The van der Waals surface area contributed by atoms with Gasteiger partial charge in [-0.15, -0.1) is 14.8 Å². The van der Waals surface area contributed by atoms with Gasteiger partial charge in [0.05, 0.1) is 0 Å². The lowest BCUT2D eigenvalue weighted by Gasteiger charge is -2.21. The van der Waals surface area contributed by atoms with Crippen LogP contribution in [-0.2, 0) is 4.79 Å². The molecular formula is C11H15N7O. The molecule has 3 rings (SSSR count). The minimum Gasteiger partial charge on any atom is -0.353 e. The van der Waals surface area contributed by atoms with Crippen molar-refractivity contribution in [1.82, 2.24) is 30.2 Å². The summed E-state index contributed by atoms with van der Waals surface area (Å²) in [6.45, 7) is 4.80. The number of carbonyl (C=O) groups is 1. The van der Waals surface area contributed by atoms with Crippen LogP contribution in [0.25, 0.3) is 5.65 Å². The van der Waals surface area contributed by atoms with Crippen molar-refractivity contribution in [3.8, 4) is 0 Å². The average Bonchev–Trinajstić information content (AvgIpc) is 2.72. The fourth-order valence-electron chi connectivity index (χ4n) is 2.27. The Balaban J connectivity index is 1.79. The summed E-state index contributed by atoms with van der Waals surface area (Å²) in [5.41, 5.74) is 0.629. The number of tetrazole rings is 1. The van der Waals surface area contributed by atoms with Gasteiger partial charge in [-0.3, -0.25) is 4.79 Å². The zero-order valence-corrected chi connectivity index (χ0v) is 10.7. The molecular weight excluding hydrogens is 246 g/mol. The third-order valence-electron chi connectivity index (χ3n) is 3.32. The van der Waals surface area contributed by atoms with Crippen molar-refractivity contribution in [1.29, 1.82) is 0 Å². The Morgan fingerprint density at radius 3 is 2.95 bits per heavy atom. The first-order chi connectivity index (χ1) is 9.24. The van der Waals surface area contributed by atoms with Gasteiger partial charge in [0, 0.05) is 33.1 Å². The first-order valence-corrected chi connectivity index (χ1v) is 6.30. The first kappa shape index (κ1) is 11.8. The minimum atomic E-state index is 0.130. The quantitative estimate of drug-likeness (QED) is 0.693. The number of fused-ring (bicyclic) bond motifs is 1. The predicted octanol–water partition coefficient (Wildman–Crippen LogP) is -0.422. The molecule has 1 aliphatic rings. The number of anilines is 1. The Labute approximate surface area is 110 Å². The van der Waals surface area contributed by atoms with Crippen molar-refractivity contribution < 1.29 is 4.79 Å². The van der Waals surface area contributed by atoms with Crippen molar-refractivity contribution in [2.24, 2.45) is 0 Å². The zero-order valence-electron chi connectivity index (χ0n) is 10.7. The Hall–Kier alpha value is -2.25. The van der Waals surface area contributed by atoms with Crippen LogP contribution in [0.3, 0.4) is 0 Å². The van der Waals surface area contributed by atoms with Crippen LogP contribution in [0.5, 0.6) is 0 Å². The van der Waals surface area contributed by atoms with Gasteiger partial charge >= 0.3 is 0 Å². The molecule has 0 bridgehead atoms. The second kappa shape index (κ2) is 4.79. The van der Waals surface area contributed by atoms with Gasteiger partial charge in [0.1, 0.15) is 0 Å². The van der Waals surface area contributed by atoms with Gasteiger partial charge in [-0.1, -0.05) is 0 Å². The molecule has 1 saturated heterocycles. The van der Waals surface area contributed by atoms with Crippen molar-refractivity contribution in [3.05, 3.63) is 12.1 Å². The normalized spacial score (nSPS) is 16.7. The molecule has 0 spiro atoms. The molecule has 0 unspecified atom stereocenters. The van der Waals surface area contributed by atoms with Crippen LogP contribution >= 0.6 is 0 Å². The van der Waals surface area contributed by atoms with E-state index in [2.05, 4.69) is 25.5 Å². The van der Waals surface area contributed by atoms with Crippen molar-refractivity contribution in [2.75, 3.05) is 31.1 Å². The van der Waals surface area contributed by atoms with Crippen molar-refractivity contribution in [2.45, 2.75) is 13.3 Å². The van der Waals surface area contributed by atoms with Crippen LogP contribution in [0.4, 0.5) is 5.82 Å². The molecule has 0 aliphatic carbocycles. The van der Waals surface area contributed by atoms with E-state index in [9.17, 15) is 4.79 Å². The van der Waals surface area contributed by atoms with Crippen LogP contribution in [0.2, 0.25) is 0 Å². The largest absolute Gasteiger partial charge is 0.353 e. The van der Waals surface area contributed by atoms with Crippen LogP contribution < -0.4 is 4.90 Å². The number of nitrogens with zero attached hydrogens (tertiary/aromatic N) is 7. The summed E-state index contributed by atoms with van der Waals surface area (Å²) in [7, 11) is 0. The highest BCUT2D eigenvalue weighted by molar-refractivity contribution is 5.73. The number of carbonyl (C=O) groups excluding carboxylic acids is 1. The summed E-state index contributed by atoms with van der Waals surface area (Å²) in [6.07, 6.45) is 0.939. The SMILES string of the molecule is CC(=O)N1CCCN(c2ccc3nnnn3n2)CC1. The van der Waals surface area contributed by atoms with Gasteiger partial charge in [-0.2, -0.15) is 0 Å². The predicted molar refractivity (Wildman–Crippen MR) is 67.7 cm³/mol. The summed E-state index contributed by atoms with van der Waals surface area (Å²) in [6, 6.07) is 3.76. The lowest BCUT2D eigenvalue weighted by atomic mass is 10.3. The Kier molecular flexibility index (Phi) is 2.98. The monoisotopic (exact) mass is 261 g/mol. The second-order valence-corrected chi connectivity index (χ2v) is 4.56. The van der Waals surface area contributed by atoms with E-state index in [1.54, 1.807) is 6.92 Å². The van der Waals surface area contributed by atoms with E-state index >= 15 is 0 Å². The van der Waals surface area contributed by atoms with Crippen LogP contribution in [0, 0.1) is 0 Å². The minimum absolute atomic E-state index is 0.130. The molecule has 2 aromatic heterocycles. The van der Waals surface area contributed by atoms with Crippen LogP contribution in [0.1, 0.15) is 13.3 Å². The molecule has 100 valence electrons. The summed E-state index contributed by atoms with van der Waals surface area (Å²) in [4.78, 5) is 15.4. The van der Waals surface area contributed by atoms with Gasteiger partial charge < -0.3 is 9.80 Å². The van der Waals surface area contributed by atoms with E-state index < -0.39 is 0 Å². The Bertz CT molecular complexity index is 595. The molecule has 0 radical (unpaired) electrons. The second-order valence-electron chi connectivity index (χ2n) is 4.56. The van der Waals surface area contributed by atoms with Crippen molar-refractivity contribution in [3.63, 3.8) is 0 Å². The van der Waals surface area contributed by atoms with Gasteiger partial charge in [0.15, 0.2) is 11.5 Å². The molecule has 19 heavy (non-hydrogen) atoms. The van der Waals surface area contributed by atoms with E-state index in [0.29, 0.717) is 5.65 Å². The molecule has 1 aliphatic heterocycles. The smallest absolute Gasteiger partial charge is 0.219 e. The highest BCUT2D eigenvalue weighted by Gasteiger charge is 2.18. The molecule has 0 aromatic carbocycles. The van der Waals surface area contributed by atoms with E-state index in [-0.39, 0.29) is 5.91 Å². The molecule has 1 fully saturated rings. The lowest BCUT2D eigenvalue weighted by Crippen LogP contribution is -2.34. The summed E-state index contributed by atoms with van der Waals surface area (Å²) < 4.78 is 1.42.